The lowest BCUT2D eigenvalue weighted by Gasteiger charge is -2.13. The van der Waals surface area contributed by atoms with Gasteiger partial charge in [-0.15, -0.1) is 0 Å². The quantitative estimate of drug-likeness (QED) is 0.332. The van der Waals surface area contributed by atoms with E-state index in [1.807, 2.05) is 0 Å². The smallest absolute Gasteiger partial charge is 0.327 e. The lowest BCUT2D eigenvalue weighted by atomic mass is 10.2. The van der Waals surface area contributed by atoms with Crippen molar-refractivity contribution < 1.29 is 4.79 Å². The maximum atomic E-state index is 10.3. The van der Waals surface area contributed by atoms with Gasteiger partial charge in [-0.3, -0.25) is 5.43 Å². The lowest BCUT2D eigenvalue weighted by molar-refractivity contribution is 0.232. The molecular weight excluding hydrogens is 162 g/mol. The zero-order valence-corrected chi connectivity index (χ0v) is 7.60. The van der Waals surface area contributed by atoms with Crippen molar-refractivity contribution in [1.82, 2.24) is 9.84 Å². The van der Waals surface area contributed by atoms with E-state index in [0.717, 1.165) is 25.8 Å². The number of hydrazine groups is 1. The summed E-state index contributed by atoms with van der Waals surface area (Å²) in [5, 5.41) is 0. The van der Waals surface area contributed by atoms with E-state index in [2.05, 4.69) is 25.2 Å². The van der Waals surface area contributed by atoms with Crippen LogP contribution in [0.3, 0.4) is 0 Å². The topological polar surface area (TPSA) is 58.4 Å². The van der Waals surface area contributed by atoms with Crippen molar-refractivity contribution in [2.45, 2.75) is 26.2 Å². The van der Waals surface area contributed by atoms with Crippen molar-refractivity contribution in [1.29, 1.82) is 0 Å². The molecule has 0 aliphatic rings. The van der Waals surface area contributed by atoms with Crippen molar-refractivity contribution in [3.05, 3.63) is 0 Å². The minimum Gasteiger partial charge on any atom is -0.351 e. The third-order valence-corrected chi connectivity index (χ3v) is 1.51. The summed E-state index contributed by atoms with van der Waals surface area (Å²) in [4.78, 5) is 10.3. The van der Waals surface area contributed by atoms with Gasteiger partial charge in [-0.05, 0) is 6.42 Å². The van der Waals surface area contributed by atoms with Crippen LogP contribution in [0.5, 0.6) is 0 Å². The van der Waals surface area contributed by atoms with Crippen LogP contribution >= 0.6 is 12.8 Å². The van der Waals surface area contributed by atoms with E-state index in [4.69, 9.17) is 5.73 Å². The Balaban J connectivity index is 3.22. The summed E-state index contributed by atoms with van der Waals surface area (Å²) >= 11 is 3.96. The molecule has 0 aliphatic heterocycles. The maximum absolute atomic E-state index is 10.3. The van der Waals surface area contributed by atoms with Gasteiger partial charge in [-0.2, -0.15) is 4.41 Å². The molecule has 0 atom stereocenters. The molecule has 0 radical (unpaired) electrons. The Bertz CT molecular complexity index is 120. The van der Waals surface area contributed by atoms with Crippen LogP contribution in [0.1, 0.15) is 26.2 Å². The maximum Gasteiger partial charge on any atom is 0.327 e. The number of nitrogens with one attached hydrogen (secondary N) is 1. The lowest BCUT2D eigenvalue weighted by Crippen LogP contribution is -2.39. The molecule has 66 valence electrons. The number of hydrogen-bond acceptors (Lipinski definition) is 3. The SMILES string of the molecule is CCCCCN(S)NC(N)=O. The molecule has 0 aliphatic carbocycles. The standard InChI is InChI=1S/C6H15N3OS/c1-2-3-4-5-9(11)8-6(7)10/h11H,2-5H2,1H3,(H3,7,8,10). The number of nitrogens with two attached hydrogens (primary N) is 1. The third-order valence-electron chi connectivity index (χ3n) is 1.21. The predicted octanol–water partition coefficient (Wildman–Crippen LogP) is 0.907. The summed E-state index contributed by atoms with van der Waals surface area (Å²) in [5.74, 6) is 0. The zero-order valence-electron chi connectivity index (χ0n) is 6.71. The van der Waals surface area contributed by atoms with Gasteiger partial charge >= 0.3 is 6.03 Å². The number of hydrogen-bond donors (Lipinski definition) is 3. The highest BCUT2D eigenvalue weighted by Crippen LogP contribution is 1.97. The Labute approximate surface area is 72.6 Å². The van der Waals surface area contributed by atoms with Crippen LogP contribution in [0.4, 0.5) is 4.79 Å². The average Bonchev–Trinajstić information content (AvgIpc) is 1.86. The first-order valence-corrected chi connectivity index (χ1v) is 4.09. The molecule has 0 spiro atoms. The minimum absolute atomic E-state index is 0.573. The van der Waals surface area contributed by atoms with Gasteiger partial charge in [-0.25, -0.2) is 4.79 Å². The highest BCUT2D eigenvalue weighted by Gasteiger charge is 1.98. The van der Waals surface area contributed by atoms with Crippen LogP contribution < -0.4 is 11.2 Å². The van der Waals surface area contributed by atoms with E-state index in [1.54, 1.807) is 0 Å². The number of primary amides is 1. The Hall–Kier alpha value is -0.420. The summed E-state index contributed by atoms with van der Waals surface area (Å²) in [5.41, 5.74) is 7.20. The first-order chi connectivity index (χ1) is 5.16. The molecule has 2 amide bonds. The molecule has 4 nitrogen and oxygen atoms in total. The largest absolute Gasteiger partial charge is 0.351 e. The highest BCUT2D eigenvalue weighted by atomic mass is 32.1. The number of carbonyl (C=O) groups is 1. The highest BCUT2D eigenvalue weighted by molar-refractivity contribution is 7.77. The Kier molecular flexibility index (Phi) is 6.06. The molecule has 0 fully saturated rings. The molecular formula is C6H15N3OS. The Morgan fingerprint density at radius 2 is 2.27 bits per heavy atom. The third kappa shape index (κ3) is 7.48. The van der Waals surface area contributed by atoms with Crippen LogP contribution in [0.2, 0.25) is 0 Å². The second kappa shape index (κ2) is 6.30. The average molecular weight is 177 g/mol. The Morgan fingerprint density at radius 3 is 2.73 bits per heavy atom. The molecule has 5 heteroatoms. The monoisotopic (exact) mass is 177 g/mol. The number of rotatable bonds is 5. The number of nitrogens with zero attached hydrogens (tertiary/aromatic N) is 1. The fraction of sp³-hybridized carbons (Fsp3) is 0.833. The van der Waals surface area contributed by atoms with Crippen LogP contribution in [0, 0.1) is 0 Å². The summed E-state index contributed by atoms with van der Waals surface area (Å²) in [6.45, 7) is 2.84. The minimum atomic E-state index is -0.573. The van der Waals surface area contributed by atoms with E-state index in [0.29, 0.717) is 0 Å². The molecule has 0 aromatic carbocycles. The fourth-order valence-electron chi connectivity index (χ4n) is 0.695. The van der Waals surface area contributed by atoms with Crippen molar-refractivity contribution in [2.75, 3.05) is 6.54 Å². The van der Waals surface area contributed by atoms with Crippen molar-refractivity contribution >= 4 is 18.8 Å². The van der Waals surface area contributed by atoms with Gasteiger partial charge in [0.15, 0.2) is 0 Å². The van der Waals surface area contributed by atoms with Gasteiger partial charge in [0.2, 0.25) is 0 Å². The first-order valence-electron chi connectivity index (χ1n) is 3.69. The van der Waals surface area contributed by atoms with E-state index in [1.165, 1.54) is 4.41 Å². The molecule has 0 aromatic heterocycles. The van der Waals surface area contributed by atoms with E-state index >= 15 is 0 Å². The molecule has 0 rings (SSSR count). The fourth-order valence-corrected chi connectivity index (χ4v) is 0.935. The van der Waals surface area contributed by atoms with Crippen molar-refractivity contribution in [3.8, 4) is 0 Å². The van der Waals surface area contributed by atoms with Gasteiger partial charge in [0.05, 0.1) is 0 Å². The van der Waals surface area contributed by atoms with Gasteiger partial charge in [0, 0.05) is 6.54 Å². The number of urea groups is 1. The predicted molar refractivity (Wildman–Crippen MR) is 47.9 cm³/mol. The number of thiol groups is 1. The zero-order chi connectivity index (χ0) is 8.69. The van der Waals surface area contributed by atoms with E-state index in [9.17, 15) is 4.79 Å². The van der Waals surface area contributed by atoms with Gasteiger partial charge in [0.25, 0.3) is 0 Å². The van der Waals surface area contributed by atoms with E-state index < -0.39 is 6.03 Å². The van der Waals surface area contributed by atoms with E-state index in [-0.39, 0.29) is 0 Å². The molecule has 0 aromatic rings. The summed E-state index contributed by atoms with van der Waals surface area (Å²) < 4.78 is 1.40. The molecule has 11 heavy (non-hydrogen) atoms. The molecule has 0 bridgehead atoms. The molecule has 0 saturated carbocycles. The molecule has 0 saturated heterocycles. The second-order valence-electron chi connectivity index (χ2n) is 2.31. The number of amides is 2. The number of unbranched alkanes of at least 4 members (excludes halogenated alkanes) is 2. The summed E-state index contributed by atoms with van der Waals surface area (Å²) in [6, 6.07) is -0.573. The van der Waals surface area contributed by atoms with Gasteiger partial charge in [-0.1, -0.05) is 32.6 Å². The second-order valence-corrected chi connectivity index (χ2v) is 2.79. The summed E-state index contributed by atoms with van der Waals surface area (Å²) in [6.07, 6.45) is 3.30. The summed E-state index contributed by atoms with van der Waals surface area (Å²) in [7, 11) is 0. The first kappa shape index (κ1) is 10.6. The number of carbonyl (C=O) groups excluding carboxylic acids is 1. The van der Waals surface area contributed by atoms with Crippen molar-refractivity contribution in [3.63, 3.8) is 0 Å². The normalized spacial score (nSPS) is 10.1. The van der Waals surface area contributed by atoms with Gasteiger partial charge < -0.3 is 5.73 Å². The van der Waals surface area contributed by atoms with Crippen LogP contribution in [0.25, 0.3) is 0 Å². The van der Waals surface area contributed by atoms with Crippen LogP contribution in [-0.2, 0) is 0 Å². The Morgan fingerprint density at radius 1 is 1.64 bits per heavy atom. The van der Waals surface area contributed by atoms with Crippen molar-refractivity contribution in [2.24, 2.45) is 5.73 Å². The molecule has 0 unspecified atom stereocenters. The van der Waals surface area contributed by atoms with Crippen LogP contribution in [0.15, 0.2) is 0 Å². The molecule has 3 N–H and O–H groups in total. The molecule has 0 heterocycles. The van der Waals surface area contributed by atoms with Crippen LogP contribution in [-0.4, -0.2) is 17.0 Å². The van der Waals surface area contributed by atoms with Gasteiger partial charge in [0.1, 0.15) is 0 Å².